The van der Waals surface area contributed by atoms with Crippen molar-refractivity contribution >= 4 is 25.8 Å². The Morgan fingerprint density at radius 2 is 1.88 bits per heavy atom. The zero-order chi connectivity index (χ0) is 12.6. The van der Waals surface area contributed by atoms with E-state index < -0.39 is 9.84 Å². The molecule has 0 spiro atoms. The third kappa shape index (κ3) is 4.21. The highest BCUT2D eigenvalue weighted by atomic mass is 79.9. The number of sulfone groups is 1. The Bertz CT molecular complexity index is 473. The summed E-state index contributed by atoms with van der Waals surface area (Å²) in [7, 11) is -1.49. The summed E-state index contributed by atoms with van der Waals surface area (Å²) in [6, 6.07) is 0. The maximum atomic E-state index is 11.9. The fourth-order valence-corrected chi connectivity index (χ4v) is 4.10. The molecule has 0 atom stereocenters. The van der Waals surface area contributed by atoms with Crippen LogP contribution in [0.15, 0.2) is 4.60 Å². The SMILES string of the molecule is Cn1nc(Br)c(CS(=O)(=O)CC(C)(C)C)n1. The summed E-state index contributed by atoms with van der Waals surface area (Å²) in [5, 5.41) is 7.95. The van der Waals surface area contributed by atoms with Crippen LogP contribution in [0.1, 0.15) is 26.5 Å². The predicted octanol–water partition coefficient (Wildman–Crippen LogP) is 1.54. The van der Waals surface area contributed by atoms with Gasteiger partial charge in [0.2, 0.25) is 0 Å². The van der Waals surface area contributed by atoms with E-state index in [1.807, 2.05) is 20.8 Å². The topological polar surface area (TPSA) is 64.8 Å². The van der Waals surface area contributed by atoms with Gasteiger partial charge in [0.15, 0.2) is 14.4 Å². The first-order valence-electron chi connectivity index (χ1n) is 4.85. The molecule has 0 unspecified atom stereocenters. The molecule has 0 saturated carbocycles. The Morgan fingerprint density at radius 1 is 1.31 bits per heavy atom. The molecule has 92 valence electrons. The van der Waals surface area contributed by atoms with E-state index in [2.05, 4.69) is 26.1 Å². The summed E-state index contributed by atoms with van der Waals surface area (Å²) in [4.78, 5) is 1.35. The van der Waals surface area contributed by atoms with Crippen LogP contribution in [-0.2, 0) is 22.6 Å². The molecule has 0 aliphatic heterocycles. The molecule has 0 aliphatic carbocycles. The van der Waals surface area contributed by atoms with E-state index in [1.54, 1.807) is 7.05 Å². The van der Waals surface area contributed by atoms with Gasteiger partial charge in [-0.05, 0) is 21.3 Å². The first kappa shape index (κ1) is 13.6. The highest BCUT2D eigenvalue weighted by molar-refractivity contribution is 9.10. The molecular weight excluding hydrogens is 294 g/mol. The Labute approximate surface area is 104 Å². The van der Waals surface area contributed by atoms with Crippen LogP contribution in [0.4, 0.5) is 0 Å². The van der Waals surface area contributed by atoms with Gasteiger partial charge in [0, 0.05) is 7.05 Å². The van der Waals surface area contributed by atoms with Crippen molar-refractivity contribution in [2.75, 3.05) is 5.75 Å². The molecule has 7 heteroatoms. The minimum absolute atomic E-state index is 0.0707. The largest absolute Gasteiger partial charge is 0.228 e. The van der Waals surface area contributed by atoms with Crippen molar-refractivity contribution in [1.82, 2.24) is 15.0 Å². The van der Waals surface area contributed by atoms with Gasteiger partial charge in [-0.15, -0.1) is 5.10 Å². The van der Waals surface area contributed by atoms with Gasteiger partial charge in [-0.2, -0.15) is 9.90 Å². The molecule has 0 amide bonds. The van der Waals surface area contributed by atoms with E-state index >= 15 is 0 Å². The highest BCUT2D eigenvalue weighted by Gasteiger charge is 2.24. The van der Waals surface area contributed by atoms with Crippen molar-refractivity contribution in [2.45, 2.75) is 26.5 Å². The van der Waals surface area contributed by atoms with Crippen LogP contribution in [0.25, 0.3) is 0 Å². The second kappa shape index (κ2) is 4.44. The fourth-order valence-electron chi connectivity index (χ4n) is 1.43. The first-order chi connectivity index (χ1) is 7.09. The second-order valence-electron chi connectivity index (χ2n) is 5.02. The zero-order valence-electron chi connectivity index (χ0n) is 9.86. The van der Waals surface area contributed by atoms with Crippen LogP contribution < -0.4 is 0 Å². The summed E-state index contributed by atoms with van der Waals surface area (Å²) in [6.45, 7) is 5.70. The summed E-state index contributed by atoms with van der Waals surface area (Å²) >= 11 is 3.19. The number of aromatic nitrogens is 3. The molecule has 0 N–H and O–H groups in total. The fraction of sp³-hybridized carbons (Fsp3) is 0.778. The monoisotopic (exact) mass is 309 g/mol. The molecule has 1 aromatic rings. The molecule has 16 heavy (non-hydrogen) atoms. The Hall–Kier alpha value is -0.430. The van der Waals surface area contributed by atoms with Gasteiger partial charge in [-0.25, -0.2) is 8.42 Å². The van der Waals surface area contributed by atoms with Crippen LogP contribution >= 0.6 is 15.9 Å². The predicted molar refractivity (Wildman–Crippen MR) is 65.6 cm³/mol. The minimum atomic E-state index is -3.15. The number of aryl methyl sites for hydroxylation is 1. The van der Waals surface area contributed by atoms with E-state index in [-0.39, 0.29) is 16.9 Å². The van der Waals surface area contributed by atoms with E-state index in [0.29, 0.717) is 10.3 Å². The average molecular weight is 310 g/mol. The molecule has 5 nitrogen and oxygen atoms in total. The van der Waals surface area contributed by atoms with Gasteiger partial charge in [0.25, 0.3) is 0 Å². The van der Waals surface area contributed by atoms with Gasteiger partial charge in [-0.1, -0.05) is 20.8 Å². The average Bonchev–Trinajstić information content (AvgIpc) is 2.22. The molecule has 0 fully saturated rings. The molecule has 0 saturated heterocycles. The van der Waals surface area contributed by atoms with Gasteiger partial charge in [-0.3, -0.25) is 0 Å². The smallest absolute Gasteiger partial charge is 0.156 e. The quantitative estimate of drug-likeness (QED) is 0.849. The normalized spacial score (nSPS) is 13.1. The Balaban J connectivity index is 2.85. The highest BCUT2D eigenvalue weighted by Crippen LogP contribution is 2.20. The lowest BCUT2D eigenvalue weighted by molar-refractivity contribution is 0.461. The Kier molecular flexibility index (Phi) is 3.79. The van der Waals surface area contributed by atoms with Gasteiger partial charge in [0.05, 0.1) is 11.5 Å². The van der Waals surface area contributed by atoms with Crippen molar-refractivity contribution in [2.24, 2.45) is 12.5 Å². The summed E-state index contributed by atoms with van der Waals surface area (Å²) in [6.07, 6.45) is 0. The molecule has 1 rings (SSSR count). The van der Waals surface area contributed by atoms with Crippen LogP contribution in [0, 0.1) is 5.41 Å². The van der Waals surface area contributed by atoms with Crippen molar-refractivity contribution in [3.05, 3.63) is 10.3 Å². The zero-order valence-corrected chi connectivity index (χ0v) is 12.3. The van der Waals surface area contributed by atoms with E-state index in [0.717, 1.165) is 0 Å². The van der Waals surface area contributed by atoms with Crippen molar-refractivity contribution in [1.29, 1.82) is 0 Å². The van der Waals surface area contributed by atoms with Crippen LogP contribution in [0.5, 0.6) is 0 Å². The van der Waals surface area contributed by atoms with E-state index in [4.69, 9.17) is 0 Å². The van der Waals surface area contributed by atoms with Crippen molar-refractivity contribution in [3.63, 3.8) is 0 Å². The third-order valence-electron chi connectivity index (χ3n) is 1.75. The van der Waals surface area contributed by atoms with Crippen molar-refractivity contribution < 1.29 is 8.42 Å². The maximum Gasteiger partial charge on any atom is 0.156 e. The van der Waals surface area contributed by atoms with Crippen LogP contribution in [-0.4, -0.2) is 29.2 Å². The summed E-state index contributed by atoms with van der Waals surface area (Å²) in [5.74, 6) is 0.0711. The van der Waals surface area contributed by atoms with Gasteiger partial charge >= 0.3 is 0 Å². The summed E-state index contributed by atoms with van der Waals surface area (Å²) in [5.41, 5.74) is 0.222. The molecule has 0 bridgehead atoms. The van der Waals surface area contributed by atoms with Gasteiger partial charge in [0.1, 0.15) is 5.69 Å². The van der Waals surface area contributed by atoms with Crippen molar-refractivity contribution in [3.8, 4) is 0 Å². The Morgan fingerprint density at radius 3 is 2.25 bits per heavy atom. The molecule has 0 aromatic carbocycles. The van der Waals surface area contributed by atoms with E-state index in [1.165, 1.54) is 4.80 Å². The standard InChI is InChI=1S/C9H16BrN3O2S/c1-9(2,3)6-16(14,15)5-7-8(10)12-13(4)11-7/h5-6H2,1-4H3. The lowest BCUT2D eigenvalue weighted by atomic mass is 10.0. The number of nitrogens with zero attached hydrogens (tertiary/aromatic N) is 3. The number of hydrogen-bond acceptors (Lipinski definition) is 4. The lowest BCUT2D eigenvalue weighted by Gasteiger charge is -2.17. The van der Waals surface area contributed by atoms with Gasteiger partial charge < -0.3 is 0 Å². The molecule has 1 heterocycles. The van der Waals surface area contributed by atoms with Crippen LogP contribution in [0.2, 0.25) is 0 Å². The number of rotatable bonds is 3. The van der Waals surface area contributed by atoms with E-state index in [9.17, 15) is 8.42 Å². The van der Waals surface area contributed by atoms with Crippen LogP contribution in [0.3, 0.4) is 0 Å². The molecular formula is C9H16BrN3O2S. The lowest BCUT2D eigenvalue weighted by Crippen LogP contribution is -2.22. The summed E-state index contributed by atoms with van der Waals surface area (Å²) < 4.78 is 24.3. The number of hydrogen-bond donors (Lipinski definition) is 0. The molecule has 1 aromatic heterocycles. The third-order valence-corrected chi connectivity index (χ3v) is 4.38. The molecule has 0 radical (unpaired) electrons. The second-order valence-corrected chi connectivity index (χ2v) is 7.84. The first-order valence-corrected chi connectivity index (χ1v) is 7.47. The minimum Gasteiger partial charge on any atom is -0.228 e. The molecule has 0 aliphatic rings. The number of halogens is 1. The maximum absolute atomic E-state index is 11.9.